The van der Waals surface area contributed by atoms with Gasteiger partial charge in [0.25, 0.3) is 5.91 Å². The van der Waals surface area contributed by atoms with Crippen molar-refractivity contribution in [3.63, 3.8) is 0 Å². The van der Waals surface area contributed by atoms with E-state index in [0.717, 1.165) is 13.0 Å². The van der Waals surface area contributed by atoms with Crippen molar-refractivity contribution in [2.24, 2.45) is 0 Å². The molecule has 0 atom stereocenters. The lowest BCUT2D eigenvalue weighted by Crippen LogP contribution is -2.16. The summed E-state index contributed by atoms with van der Waals surface area (Å²) in [6.45, 7) is 2.24. The third-order valence-electron chi connectivity index (χ3n) is 4.53. The van der Waals surface area contributed by atoms with Crippen LogP contribution in [-0.4, -0.2) is 28.2 Å². The summed E-state index contributed by atoms with van der Waals surface area (Å²) in [6, 6.07) is 8.41. The molecule has 0 radical (unpaired) electrons. The number of ketones is 1. The first-order valence-electron chi connectivity index (χ1n) is 9.29. The lowest BCUT2D eigenvalue weighted by Gasteiger charge is -2.13. The van der Waals surface area contributed by atoms with Crippen molar-refractivity contribution < 1.29 is 9.59 Å². The van der Waals surface area contributed by atoms with Gasteiger partial charge in [0, 0.05) is 24.0 Å². The second-order valence-electron chi connectivity index (χ2n) is 6.64. The van der Waals surface area contributed by atoms with Gasteiger partial charge in [-0.05, 0) is 57.2 Å². The molecule has 0 fully saturated rings. The van der Waals surface area contributed by atoms with Gasteiger partial charge in [0.2, 0.25) is 5.95 Å². The zero-order chi connectivity index (χ0) is 19.1. The molecule has 2 N–H and O–H groups in total. The Morgan fingerprint density at radius 2 is 2.07 bits per heavy atom. The molecule has 27 heavy (non-hydrogen) atoms. The lowest BCUT2D eigenvalue weighted by molar-refractivity contribution is 0.100. The number of rotatable bonds is 7. The van der Waals surface area contributed by atoms with Crippen LogP contribution < -0.4 is 10.6 Å². The number of benzene rings is 1. The first kappa shape index (κ1) is 18.8. The van der Waals surface area contributed by atoms with Crippen molar-refractivity contribution in [1.29, 1.82) is 0 Å². The average Bonchev–Trinajstić information content (AvgIpc) is 2.69. The molecule has 1 aliphatic rings. The number of nitrogens with zero attached hydrogens (tertiary/aromatic N) is 2. The largest absolute Gasteiger partial charge is 0.354 e. The highest BCUT2D eigenvalue weighted by molar-refractivity contribution is 6.04. The number of hydrogen-bond acceptors (Lipinski definition) is 5. The monoisotopic (exact) mass is 364 g/mol. The third-order valence-corrected chi connectivity index (χ3v) is 4.53. The molecule has 0 spiro atoms. The second kappa shape index (κ2) is 9.07. The molecule has 0 saturated carbocycles. The van der Waals surface area contributed by atoms with Crippen molar-refractivity contribution in [3.05, 3.63) is 59.4 Å². The smallest absolute Gasteiger partial charge is 0.274 e. The molecule has 140 valence electrons. The Morgan fingerprint density at radius 3 is 2.85 bits per heavy atom. The number of anilines is 2. The first-order valence-corrected chi connectivity index (χ1v) is 9.29. The highest BCUT2D eigenvalue weighted by atomic mass is 16.2. The summed E-state index contributed by atoms with van der Waals surface area (Å²) in [4.78, 5) is 32.4. The summed E-state index contributed by atoms with van der Waals surface area (Å²) >= 11 is 0. The van der Waals surface area contributed by atoms with E-state index in [2.05, 4.69) is 26.7 Å². The zero-order valence-corrected chi connectivity index (χ0v) is 15.5. The number of amides is 1. The third kappa shape index (κ3) is 5.48. The summed E-state index contributed by atoms with van der Waals surface area (Å²) in [7, 11) is 0. The Morgan fingerprint density at radius 1 is 1.19 bits per heavy atom. The normalized spacial score (nSPS) is 13.6. The van der Waals surface area contributed by atoms with Crippen LogP contribution in [0.15, 0.2) is 48.2 Å². The van der Waals surface area contributed by atoms with Gasteiger partial charge < -0.3 is 10.6 Å². The number of nitrogens with one attached hydrogen (secondary N) is 2. The number of carbonyl (C=O) groups excluding carboxylic acids is 2. The van der Waals surface area contributed by atoms with E-state index >= 15 is 0 Å². The fourth-order valence-corrected chi connectivity index (χ4v) is 3.05. The van der Waals surface area contributed by atoms with Crippen LogP contribution in [0.2, 0.25) is 0 Å². The van der Waals surface area contributed by atoms with Gasteiger partial charge in [-0.25, -0.2) is 9.97 Å². The van der Waals surface area contributed by atoms with E-state index in [9.17, 15) is 9.59 Å². The Hall–Kier alpha value is -3.02. The number of hydrogen-bond donors (Lipinski definition) is 2. The van der Waals surface area contributed by atoms with Gasteiger partial charge >= 0.3 is 0 Å². The Kier molecular flexibility index (Phi) is 6.30. The summed E-state index contributed by atoms with van der Waals surface area (Å²) < 4.78 is 0. The van der Waals surface area contributed by atoms with Crippen molar-refractivity contribution in [3.8, 4) is 0 Å². The molecule has 1 aromatic carbocycles. The maximum Gasteiger partial charge on any atom is 0.274 e. The van der Waals surface area contributed by atoms with Gasteiger partial charge in [-0.3, -0.25) is 9.59 Å². The minimum absolute atomic E-state index is 0.0484. The van der Waals surface area contributed by atoms with Crippen molar-refractivity contribution in [2.45, 2.75) is 39.0 Å². The number of aromatic nitrogens is 2. The molecular weight excluding hydrogens is 340 g/mol. The van der Waals surface area contributed by atoms with Gasteiger partial charge in [-0.15, -0.1) is 0 Å². The van der Waals surface area contributed by atoms with Crippen LogP contribution in [0.4, 0.5) is 11.6 Å². The molecular formula is C21H24N4O2. The minimum atomic E-state index is -0.337. The van der Waals surface area contributed by atoms with Crippen LogP contribution in [-0.2, 0) is 0 Å². The molecule has 6 heteroatoms. The van der Waals surface area contributed by atoms with Crippen LogP contribution in [0, 0.1) is 0 Å². The average molecular weight is 364 g/mol. The molecule has 3 rings (SSSR count). The number of allylic oxidation sites excluding steroid dienone is 1. The predicted octanol–water partition coefficient (Wildman–Crippen LogP) is 4.23. The van der Waals surface area contributed by atoms with E-state index < -0.39 is 0 Å². The van der Waals surface area contributed by atoms with Crippen LogP contribution in [0.3, 0.4) is 0 Å². The first-order chi connectivity index (χ1) is 13.1. The summed E-state index contributed by atoms with van der Waals surface area (Å²) in [5.41, 5.74) is 2.87. The molecule has 1 aromatic heterocycles. The molecule has 0 saturated heterocycles. The molecule has 1 amide bonds. The molecule has 6 nitrogen and oxygen atoms in total. The van der Waals surface area contributed by atoms with Gasteiger partial charge in [-0.1, -0.05) is 23.8 Å². The predicted molar refractivity (Wildman–Crippen MR) is 106 cm³/mol. The van der Waals surface area contributed by atoms with E-state index in [0.29, 0.717) is 17.2 Å². The van der Waals surface area contributed by atoms with Crippen LogP contribution >= 0.6 is 0 Å². The second-order valence-corrected chi connectivity index (χ2v) is 6.64. The molecule has 0 unspecified atom stereocenters. The highest BCUT2D eigenvalue weighted by Gasteiger charge is 2.10. The van der Waals surface area contributed by atoms with Gasteiger partial charge in [0.1, 0.15) is 5.69 Å². The molecule has 1 aliphatic carbocycles. The van der Waals surface area contributed by atoms with Crippen LogP contribution in [0.1, 0.15) is 59.9 Å². The SMILES string of the molecule is CC(=O)c1cccc(NC(=O)c2ccnc(NCCC3=CCCCC3)n2)c1. The van der Waals surface area contributed by atoms with Crippen molar-refractivity contribution >= 4 is 23.3 Å². The summed E-state index contributed by atoms with van der Waals surface area (Å²) in [6.07, 6.45) is 9.75. The topological polar surface area (TPSA) is 84.0 Å². The number of carbonyl (C=O) groups is 2. The van der Waals surface area contributed by atoms with E-state index in [4.69, 9.17) is 0 Å². The van der Waals surface area contributed by atoms with Gasteiger partial charge in [-0.2, -0.15) is 0 Å². The van der Waals surface area contributed by atoms with Gasteiger partial charge in [0.05, 0.1) is 0 Å². The van der Waals surface area contributed by atoms with E-state index in [1.54, 1.807) is 36.5 Å². The fourth-order valence-electron chi connectivity index (χ4n) is 3.05. The Labute approximate surface area is 159 Å². The summed E-state index contributed by atoms with van der Waals surface area (Å²) in [5.74, 6) is 0.0559. The Bertz CT molecular complexity index is 861. The molecule has 0 aliphatic heterocycles. The lowest BCUT2D eigenvalue weighted by atomic mass is 9.97. The quantitative estimate of drug-likeness (QED) is 0.567. The van der Waals surface area contributed by atoms with Crippen molar-refractivity contribution in [2.75, 3.05) is 17.2 Å². The van der Waals surface area contributed by atoms with Crippen LogP contribution in [0.25, 0.3) is 0 Å². The van der Waals surface area contributed by atoms with Crippen LogP contribution in [0.5, 0.6) is 0 Å². The molecule has 1 heterocycles. The zero-order valence-electron chi connectivity index (χ0n) is 15.5. The maximum absolute atomic E-state index is 12.4. The number of Topliss-reactive ketones (excluding diaryl/α,β-unsaturated/α-hetero) is 1. The van der Waals surface area contributed by atoms with Gasteiger partial charge in [0.15, 0.2) is 5.78 Å². The van der Waals surface area contributed by atoms with E-state index in [1.165, 1.54) is 38.2 Å². The molecule has 2 aromatic rings. The highest BCUT2D eigenvalue weighted by Crippen LogP contribution is 2.20. The fraction of sp³-hybridized carbons (Fsp3) is 0.333. The molecule has 0 bridgehead atoms. The van der Waals surface area contributed by atoms with E-state index in [1.807, 2.05) is 0 Å². The maximum atomic E-state index is 12.4. The minimum Gasteiger partial charge on any atom is -0.354 e. The standard InChI is InChI=1S/C21H24N4O2/c1-15(26)17-8-5-9-18(14-17)24-20(27)19-11-13-23-21(25-19)22-12-10-16-6-3-2-4-7-16/h5-6,8-9,11,13-14H,2-4,7,10,12H2,1H3,(H,24,27)(H,22,23,25). The van der Waals surface area contributed by atoms with Crippen molar-refractivity contribution in [1.82, 2.24) is 9.97 Å². The Balaban J connectivity index is 1.59. The van der Waals surface area contributed by atoms with E-state index in [-0.39, 0.29) is 17.4 Å². The summed E-state index contributed by atoms with van der Waals surface area (Å²) in [5, 5.41) is 5.96.